The minimum Gasteiger partial charge on any atom is -0.392 e. The summed E-state index contributed by atoms with van der Waals surface area (Å²) in [7, 11) is -4.05. The van der Waals surface area contributed by atoms with Crippen LogP contribution in [0.15, 0.2) is 33.9 Å². The van der Waals surface area contributed by atoms with Crippen LogP contribution in [0.3, 0.4) is 0 Å². The van der Waals surface area contributed by atoms with Gasteiger partial charge in [-0.3, -0.25) is 0 Å². The van der Waals surface area contributed by atoms with E-state index in [-0.39, 0.29) is 12.1 Å². The van der Waals surface area contributed by atoms with Gasteiger partial charge in [0.05, 0.1) is 13.2 Å². The number of imidazole rings is 1. The number of aliphatic hydroxyl groups is 1. The molecule has 0 radical (unpaired) electrons. The molecule has 3 N–H and O–H groups in total. The molecular formula is C11H11BrFN3O3S. The van der Waals surface area contributed by atoms with Crippen molar-refractivity contribution in [2.75, 3.05) is 0 Å². The Balaban J connectivity index is 2.31. The number of nitrogens with zero attached hydrogens (tertiary/aromatic N) is 1. The predicted octanol–water partition coefficient (Wildman–Crippen LogP) is 1.28. The molecule has 2 aromatic rings. The third-order valence-electron chi connectivity index (χ3n) is 2.52. The monoisotopic (exact) mass is 363 g/mol. The lowest BCUT2D eigenvalue weighted by Crippen LogP contribution is -2.25. The number of nitrogens with one attached hydrogen (secondary N) is 2. The molecule has 0 spiro atoms. The summed E-state index contributed by atoms with van der Waals surface area (Å²) in [6.45, 7) is -0.679. The van der Waals surface area contributed by atoms with E-state index in [0.717, 1.165) is 6.07 Å². The van der Waals surface area contributed by atoms with E-state index in [0.29, 0.717) is 10.3 Å². The molecule has 1 aromatic heterocycles. The largest absolute Gasteiger partial charge is 0.392 e. The maximum absolute atomic E-state index is 14.0. The molecule has 0 unspecified atom stereocenters. The molecule has 6 nitrogen and oxygen atoms in total. The summed E-state index contributed by atoms with van der Waals surface area (Å²) in [5, 5.41) is 9.02. The molecule has 0 atom stereocenters. The molecule has 108 valence electrons. The zero-order chi connectivity index (χ0) is 14.8. The van der Waals surface area contributed by atoms with Crippen molar-refractivity contribution in [3.8, 4) is 0 Å². The summed E-state index contributed by atoms with van der Waals surface area (Å²) in [5.41, 5.74) is -0.0993. The number of rotatable bonds is 5. The van der Waals surface area contributed by atoms with Crippen LogP contribution in [-0.2, 0) is 23.2 Å². The molecule has 0 saturated carbocycles. The van der Waals surface area contributed by atoms with Gasteiger partial charge in [0.2, 0.25) is 10.0 Å². The van der Waals surface area contributed by atoms with Crippen molar-refractivity contribution >= 4 is 26.0 Å². The molecule has 1 heterocycles. The zero-order valence-electron chi connectivity index (χ0n) is 10.1. The number of sulfonamides is 1. The van der Waals surface area contributed by atoms with Gasteiger partial charge in [0.1, 0.15) is 16.5 Å². The van der Waals surface area contributed by atoms with Crippen molar-refractivity contribution < 1.29 is 17.9 Å². The Labute approximate surface area is 123 Å². The second-order valence-corrected chi connectivity index (χ2v) is 6.55. The third kappa shape index (κ3) is 3.23. The van der Waals surface area contributed by atoms with Gasteiger partial charge in [-0.05, 0) is 12.1 Å². The highest BCUT2D eigenvalue weighted by Crippen LogP contribution is 2.24. The summed E-state index contributed by atoms with van der Waals surface area (Å²) < 4.78 is 40.7. The molecule has 1 aromatic carbocycles. The zero-order valence-corrected chi connectivity index (χ0v) is 12.5. The fraction of sp³-hybridized carbons (Fsp3) is 0.182. The lowest BCUT2D eigenvalue weighted by molar-refractivity contribution is 0.274. The molecule has 20 heavy (non-hydrogen) atoms. The fourth-order valence-electron chi connectivity index (χ4n) is 1.56. The highest BCUT2D eigenvalue weighted by atomic mass is 79.9. The normalized spacial score (nSPS) is 11.8. The first-order valence-corrected chi connectivity index (χ1v) is 7.78. The van der Waals surface area contributed by atoms with Gasteiger partial charge in [-0.2, -0.15) is 0 Å². The summed E-state index contributed by atoms with van der Waals surface area (Å²) in [4.78, 5) is 6.06. The molecule has 2 rings (SSSR count). The highest BCUT2D eigenvalue weighted by Gasteiger charge is 2.22. The number of halogens is 2. The quantitative estimate of drug-likeness (QED) is 0.745. The van der Waals surface area contributed by atoms with Crippen LogP contribution in [0.2, 0.25) is 0 Å². The van der Waals surface area contributed by atoms with Gasteiger partial charge in [-0.1, -0.05) is 15.9 Å². The van der Waals surface area contributed by atoms with Crippen molar-refractivity contribution in [2.45, 2.75) is 18.0 Å². The Kier molecular flexibility index (Phi) is 4.53. The van der Waals surface area contributed by atoms with E-state index in [2.05, 4.69) is 30.6 Å². The number of hydrogen-bond acceptors (Lipinski definition) is 4. The van der Waals surface area contributed by atoms with E-state index >= 15 is 0 Å². The van der Waals surface area contributed by atoms with Crippen molar-refractivity contribution in [1.29, 1.82) is 0 Å². The lowest BCUT2D eigenvalue weighted by atomic mass is 10.2. The first-order valence-electron chi connectivity index (χ1n) is 5.50. The van der Waals surface area contributed by atoms with E-state index < -0.39 is 27.3 Å². The van der Waals surface area contributed by atoms with Gasteiger partial charge in [0, 0.05) is 22.4 Å². The summed E-state index contributed by atoms with van der Waals surface area (Å²) in [6, 6.07) is 2.46. The van der Waals surface area contributed by atoms with E-state index in [9.17, 15) is 12.8 Å². The highest BCUT2D eigenvalue weighted by molar-refractivity contribution is 9.10. The lowest BCUT2D eigenvalue weighted by Gasteiger charge is -2.09. The van der Waals surface area contributed by atoms with Crippen molar-refractivity contribution in [1.82, 2.24) is 14.7 Å². The minimum absolute atomic E-state index is 0.0876. The summed E-state index contributed by atoms with van der Waals surface area (Å²) >= 11 is 3.08. The summed E-state index contributed by atoms with van der Waals surface area (Å²) in [5.74, 6) is -0.561. The van der Waals surface area contributed by atoms with E-state index in [1.165, 1.54) is 12.3 Å². The van der Waals surface area contributed by atoms with Crippen LogP contribution in [0.1, 0.15) is 11.4 Å². The van der Waals surface area contributed by atoms with Crippen LogP contribution >= 0.6 is 15.9 Å². The standard InChI is InChI=1S/C11H11BrFN3O3S/c12-8-3-7(6-17)11(13)9(4-8)20(18,19)16-5-10-14-1-2-15-10/h1-4,16-17H,5-6H2,(H,14,15). The Hall–Kier alpha value is -1.29. The molecule has 0 bridgehead atoms. The van der Waals surface area contributed by atoms with Gasteiger partial charge in [-0.15, -0.1) is 0 Å². The first kappa shape index (κ1) is 15.1. The maximum atomic E-state index is 14.0. The topological polar surface area (TPSA) is 95.1 Å². The van der Waals surface area contributed by atoms with Crippen LogP contribution in [0.5, 0.6) is 0 Å². The average Bonchev–Trinajstić information content (AvgIpc) is 2.92. The van der Waals surface area contributed by atoms with Crippen LogP contribution in [0.4, 0.5) is 4.39 Å². The average molecular weight is 364 g/mol. The van der Waals surface area contributed by atoms with E-state index in [1.54, 1.807) is 6.20 Å². The molecule has 0 saturated heterocycles. The summed E-state index contributed by atoms with van der Waals surface area (Å²) in [6.07, 6.45) is 3.03. The van der Waals surface area contributed by atoms with Crippen LogP contribution in [0, 0.1) is 5.82 Å². The van der Waals surface area contributed by atoms with Gasteiger partial charge >= 0.3 is 0 Å². The van der Waals surface area contributed by atoms with Crippen LogP contribution in [0.25, 0.3) is 0 Å². The third-order valence-corrected chi connectivity index (χ3v) is 4.38. The van der Waals surface area contributed by atoms with Crippen LogP contribution < -0.4 is 4.72 Å². The number of hydrogen-bond donors (Lipinski definition) is 3. The van der Waals surface area contributed by atoms with Crippen molar-refractivity contribution in [3.63, 3.8) is 0 Å². The number of aliphatic hydroxyl groups excluding tert-OH is 1. The second-order valence-electron chi connectivity index (χ2n) is 3.90. The van der Waals surface area contributed by atoms with Gasteiger partial charge in [-0.25, -0.2) is 22.5 Å². The fourth-order valence-corrected chi connectivity index (χ4v) is 3.35. The minimum atomic E-state index is -4.05. The predicted molar refractivity (Wildman–Crippen MR) is 72.6 cm³/mol. The smallest absolute Gasteiger partial charge is 0.243 e. The Morgan fingerprint density at radius 2 is 2.20 bits per heavy atom. The SMILES string of the molecule is O=S(=O)(NCc1ncc[nH]1)c1cc(Br)cc(CO)c1F. The van der Waals surface area contributed by atoms with Crippen molar-refractivity contribution in [3.05, 3.63) is 46.2 Å². The molecule has 0 fully saturated rings. The maximum Gasteiger partial charge on any atom is 0.243 e. The van der Waals surface area contributed by atoms with E-state index in [4.69, 9.17) is 5.11 Å². The van der Waals surface area contributed by atoms with Crippen LogP contribution in [-0.4, -0.2) is 23.5 Å². The molecule has 9 heteroatoms. The molecule has 0 aliphatic rings. The van der Waals surface area contributed by atoms with Gasteiger partial charge in [0.15, 0.2) is 0 Å². The molecule has 0 aliphatic carbocycles. The number of aromatic amines is 1. The number of H-pyrrole nitrogens is 1. The Morgan fingerprint density at radius 1 is 1.45 bits per heavy atom. The first-order chi connectivity index (χ1) is 9.44. The number of aromatic nitrogens is 2. The Morgan fingerprint density at radius 3 is 2.80 bits per heavy atom. The van der Waals surface area contributed by atoms with Crippen molar-refractivity contribution in [2.24, 2.45) is 0 Å². The van der Waals surface area contributed by atoms with Gasteiger partial charge < -0.3 is 10.1 Å². The Bertz CT molecular complexity index is 704. The molecule has 0 aliphatic heterocycles. The van der Waals surface area contributed by atoms with E-state index in [1.807, 2.05) is 0 Å². The number of benzene rings is 1. The molecule has 0 amide bonds. The molecular weight excluding hydrogens is 353 g/mol. The van der Waals surface area contributed by atoms with Gasteiger partial charge in [0.25, 0.3) is 0 Å². The second kappa shape index (κ2) is 6.00.